The maximum absolute atomic E-state index is 12.7. The molecule has 7 heteroatoms. The number of fused-ring (bicyclic) bond motifs is 1. The summed E-state index contributed by atoms with van der Waals surface area (Å²) in [7, 11) is 1.59. The van der Waals surface area contributed by atoms with Crippen molar-refractivity contribution in [2.45, 2.75) is 25.4 Å². The Kier molecular flexibility index (Phi) is 4.26. The molecule has 1 aromatic heterocycles. The lowest BCUT2D eigenvalue weighted by Gasteiger charge is -2.39. The highest BCUT2D eigenvalue weighted by Crippen LogP contribution is 2.36. The first-order chi connectivity index (χ1) is 11.7. The van der Waals surface area contributed by atoms with Gasteiger partial charge >= 0.3 is 0 Å². The summed E-state index contributed by atoms with van der Waals surface area (Å²) in [6, 6.07) is 1.81. The van der Waals surface area contributed by atoms with Gasteiger partial charge in [-0.3, -0.25) is 4.79 Å². The zero-order valence-electron chi connectivity index (χ0n) is 14.0. The summed E-state index contributed by atoms with van der Waals surface area (Å²) in [5.41, 5.74) is 0. The van der Waals surface area contributed by atoms with Crippen molar-refractivity contribution in [3.63, 3.8) is 0 Å². The van der Waals surface area contributed by atoms with E-state index in [1.807, 2.05) is 6.07 Å². The van der Waals surface area contributed by atoms with E-state index >= 15 is 0 Å². The van der Waals surface area contributed by atoms with Gasteiger partial charge in [-0.1, -0.05) is 0 Å². The number of nitrogens with zero attached hydrogens (tertiary/aromatic N) is 3. The predicted molar refractivity (Wildman–Crippen MR) is 87.9 cm³/mol. The van der Waals surface area contributed by atoms with E-state index in [0.29, 0.717) is 24.3 Å². The molecule has 0 aromatic carbocycles. The zero-order chi connectivity index (χ0) is 16.5. The van der Waals surface area contributed by atoms with Gasteiger partial charge in [0.05, 0.1) is 19.1 Å². The van der Waals surface area contributed by atoms with E-state index in [1.54, 1.807) is 7.11 Å². The molecule has 24 heavy (non-hydrogen) atoms. The summed E-state index contributed by atoms with van der Waals surface area (Å²) in [6.07, 6.45) is 5.04. The predicted octanol–water partition coefficient (Wildman–Crippen LogP) is 0.853. The molecule has 1 amide bonds. The number of methoxy groups -OCH3 is 1. The molecule has 1 N–H and O–H groups in total. The van der Waals surface area contributed by atoms with Crippen molar-refractivity contribution in [3.8, 4) is 5.88 Å². The average molecular weight is 332 g/mol. The second-order valence-electron chi connectivity index (χ2n) is 6.98. The minimum atomic E-state index is -0.0500. The van der Waals surface area contributed by atoms with Crippen LogP contribution in [-0.4, -0.2) is 55.3 Å². The molecule has 7 nitrogen and oxygen atoms in total. The largest absolute Gasteiger partial charge is 0.481 e. The summed E-state index contributed by atoms with van der Waals surface area (Å²) >= 11 is 0. The molecule has 3 heterocycles. The van der Waals surface area contributed by atoms with Crippen molar-refractivity contribution in [1.29, 1.82) is 0 Å². The number of rotatable bonds is 5. The highest BCUT2D eigenvalue weighted by atomic mass is 16.5. The van der Waals surface area contributed by atoms with Crippen LogP contribution < -0.4 is 15.0 Å². The minimum Gasteiger partial charge on any atom is -0.481 e. The lowest BCUT2D eigenvalue weighted by atomic mass is 9.82. The third-order valence-electron chi connectivity index (χ3n) is 5.35. The Labute approximate surface area is 141 Å². The Morgan fingerprint density at radius 3 is 3.04 bits per heavy atom. The van der Waals surface area contributed by atoms with Crippen molar-refractivity contribution >= 4 is 11.7 Å². The number of nitrogens with one attached hydrogen (secondary N) is 1. The van der Waals surface area contributed by atoms with E-state index in [-0.39, 0.29) is 17.9 Å². The van der Waals surface area contributed by atoms with Crippen LogP contribution in [0, 0.1) is 17.8 Å². The Bertz CT molecular complexity index is 607. The highest BCUT2D eigenvalue weighted by molar-refractivity contribution is 5.80. The molecule has 2 saturated heterocycles. The van der Waals surface area contributed by atoms with Crippen LogP contribution in [0.1, 0.15) is 19.3 Å². The number of aromatic nitrogens is 2. The van der Waals surface area contributed by atoms with Gasteiger partial charge in [0, 0.05) is 38.2 Å². The minimum absolute atomic E-state index is 0.0500. The molecular formula is C17H24N4O3. The molecule has 1 aromatic rings. The zero-order valence-corrected chi connectivity index (χ0v) is 14.0. The Morgan fingerprint density at radius 1 is 1.38 bits per heavy atom. The average Bonchev–Trinajstić information content (AvgIpc) is 3.33. The van der Waals surface area contributed by atoms with Crippen LogP contribution >= 0.6 is 0 Å². The fourth-order valence-electron chi connectivity index (χ4n) is 3.75. The number of carbonyl (C=O) groups excluding carboxylic acids is 1. The van der Waals surface area contributed by atoms with Crippen molar-refractivity contribution < 1.29 is 14.3 Å². The molecule has 4 rings (SSSR count). The maximum atomic E-state index is 12.7. The topological polar surface area (TPSA) is 76.6 Å². The van der Waals surface area contributed by atoms with E-state index in [2.05, 4.69) is 20.2 Å². The van der Waals surface area contributed by atoms with E-state index in [1.165, 1.54) is 19.2 Å². The Morgan fingerprint density at radius 2 is 2.25 bits per heavy atom. The summed E-state index contributed by atoms with van der Waals surface area (Å²) in [5, 5.41) is 3.14. The maximum Gasteiger partial charge on any atom is 0.225 e. The number of ether oxygens (including phenoxy) is 2. The van der Waals surface area contributed by atoms with Gasteiger partial charge in [0.25, 0.3) is 0 Å². The number of piperidine rings is 1. The summed E-state index contributed by atoms with van der Waals surface area (Å²) in [5.74, 6) is 2.43. The van der Waals surface area contributed by atoms with Crippen LogP contribution in [0.25, 0.3) is 0 Å². The number of anilines is 1. The van der Waals surface area contributed by atoms with Gasteiger partial charge in [0.2, 0.25) is 11.8 Å². The van der Waals surface area contributed by atoms with Crippen LogP contribution in [0.5, 0.6) is 5.88 Å². The fourth-order valence-corrected chi connectivity index (χ4v) is 3.75. The highest BCUT2D eigenvalue weighted by Gasteiger charge is 2.44. The van der Waals surface area contributed by atoms with Crippen LogP contribution in [0.4, 0.5) is 5.82 Å². The smallest absolute Gasteiger partial charge is 0.225 e. The van der Waals surface area contributed by atoms with Crippen molar-refractivity contribution in [2.75, 3.05) is 38.3 Å². The van der Waals surface area contributed by atoms with E-state index in [9.17, 15) is 4.79 Å². The molecule has 0 spiro atoms. The second-order valence-corrected chi connectivity index (χ2v) is 6.98. The van der Waals surface area contributed by atoms with Gasteiger partial charge in [-0.15, -0.1) is 0 Å². The molecule has 130 valence electrons. The molecule has 0 radical (unpaired) electrons. The quantitative estimate of drug-likeness (QED) is 0.861. The summed E-state index contributed by atoms with van der Waals surface area (Å²) in [4.78, 5) is 23.3. The third kappa shape index (κ3) is 3.17. The van der Waals surface area contributed by atoms with E-state index in [0.717, 1.165) is 31.9 Å². The van der Waals surface area contributed by atoms with Gasteiger partial charge < -0.3 is 19.7 Å². The van der Waals surface area contributed by atoms with Crippen molar-refractivity contribution in [2.24, 2.45) is 17.8 Å². The van der Waals surface area contributed by atoms with Gasteiger partial charge in [-0.05, 0) is 25.2 Å². The summed E-state index contributed by atoms with van der Waals surface area (Å²) in [6.45, 7) is 2.98. The molecule has 3 aliphatic rings. The SMILES string of the molecule is COc1cc(N2C[C@@H]3OCC[C@@H]3[C@H](C(=O)NCC3CC3)C2)ncn1. The van der Waals surface area contributed by atoms with E-state index < -0.39 is 0 Å². The van der Waals surface area contributed by atoms with Crippen molar-refractivity contribution in [3.05, 3.63) is 12.4 Å². The first-order valence-electron chi connectivity index (χ1n) is 8.75. The first-order valence-corrected chi connectivity index (χ1v) is 8.75. The molecular weight excluding hydrogens is 308 g/mol. The van der Waals surface area contributed by atoms with Gasteiger partial charge in [-0.25, -0.2) is 9.97 Å². The summed E-state index contributed by atoms with van der Waals surface area (Å²) < 4.78 is 11.1. The van der Waals surface area contributed by atoms with Crippen LogP contribution in [0.2, 0.25) is 0 Å². The number of amides is 1. The molecule has 0 unspecified atom stereocenters. The van der Waals surface area contributed by atoms with Crippen LogP contribution in [-0.2, 0) is 9.53 Å². The molecule has 3 fully saturated rings. The Hall–Kier alpha value is -1.89. The van der Waals surface area contributed by atoms with Gasteiger partial charge in [-0.2, -0.15) is 0 Å². The fraction of sp³-hybridized carbons (Fsp3) is 0.706. The third-order valence-corrected chi connectivity index (χ3v) is 5.35. The molecule has 1 aliphatic carbocycles. The molecule has 1 saturated carbocycles. The number of hydrogen-bond donors (Lipinski definition) is 1. The normalized spacial score (nSPS) is 29.2. The lowest BCUT2D eigenvalue weighted by Crippen LogP contribution is -2.53. The molecule has 0 bridgehead atoms. The molecule has 2 aliphatic heterocycles. The number of carbonyl (C=O) groups is 1. The monoisotopic (exact) mass is 332 g/mol. The number of hydrogen-bond acceptors (Lipinski definition) is 6. The van der Waals surface area contributed by atoms with Gasteiger partial charge in [0.1, 0.15) is 12.1 Å². The van der Waals surface area contributed by atoms with Gasteiger partial charge in [0.15, 0.2) is 0 Å². The van der Waals surface area contributed by atoms with E-state index in [4.69, 9.17) is 9.47 Å². The lowest BCUT2D eigenvalue weighted by molar-refractivity contribution is -0.127. The Balaban J connectivity index is 1.50. The van der Waals surface area contributed by atoms with Crippen molar-refractivity contribution in [1.82, 2.24) is 15.3 Å². The standard InChI is InChI=1S/C17H24N4O3/c1-23-16-6-15(19-10-20-16)21-8-13(12-4-5-24-14(12)9-21)17(22)18-7-11-2-3-11/h6,10-14H,2-5,7-9H2,1H3,(H,18,22)/t12-,13-,14+/m1/s1. The first kappa shape index (κ1) is 15.6. The van der Waals surface area contributed by atoms with Crippen LogP contribution in [0.15, 0.2) is 12.4 Å². The second kappa shape index (κ2) is 6.55. The molecule has 3 atom stereocenters. The van der Waals surface area contributed by atoms with Crippen LogP contribution in [0.3, 0.4) is 0 Å².